The molecule has 0 unspecified atom stereocenters. The van der Waals surface area contributed by atoms with Crippen molar-refractivity contribution in [2.24, 2.45) is 0 Å². The summed E-state index contributed by atoms with van der Waals surface area (Å²) in [5, 5.41) is 7.16. The van der Waals surface area contributed by atoms with E-state index in [4.69, 9.17) is 0 Å². The summed E-state index contributed by atoms with van der Waals surface area (Å²) < 4.78 is 1.73. The van der Waals surface area contributed by atoms with Crippen molar-refractivity contribution in [3.05, 3.63) is 18.0 Å². The van der Waals surface area contributed by atoms with E-state index in [0.29, 0.717) is 5.56 Å². The Morgan fingerprint density at radius 3 is 3.00 bits per heavy atom. The van der Waals surface area contributed by atoms with Gasteiger partial charge in [-0.3, -0.25) is 14.3 Å². The van der Waals surface area contributed by atoms with Gasteiger partial charge in [0.1, 0.15) is 6.54 Å². The molecular formula is C14H20N4O2. The number of nitrogens with zero attached hydrogens (tertiary/aromatic N) is 3. The maximum atomic E-state index is 12.6. The largest absolute Gasteiger partial charge is 0.350 e. The van der Waals surface area contributed by atoms with Gasteiger partial charge in [-0.15, -0.1) is 0 Å². The van der Waals surface area contributed by atoms with Gasteiger partial charge in [0.15, 0.2) is 0 Å². The number of carbonyl (C=O) groups is 2. The minimum Gasteiger partial charge on any atom is -0.350 e. The molecule has 0 spiro atoms. The van der Waals surface area contributed by atoms with Gasteiger partial charge in [-0.2, -0.15) is 5.10 Å². The molecule has 0 aromatic carbocycles. The topological polar surface area (TPSA) is 67.2 Å². The Morgan fingerprint density at radius 1 is 1.45 bits per heavy atom. The molecule has 2 aliphatic rings. The highest BCUT2D eigenvalue weighted by Gasteiger charge is 2.39. The van der Waals surface area contributed by atoms with Crippen molar-refractivity contribution < 1.29 is 9.59 Å². The van der Waals surface area contributed by atoms with Gasteiger partial charge in [-0.1, -0.05) is 12.8 Å². The molecule has 2 atom stereocenters. The van der Waals surface area contributed by atoms with Gasteiger partial charge in [-0.25, -0.2) is 0 Å². The van der Waals surface area contributed by atoms with Crippen LogP contribution in [0.5, 0.6) is 0 Å². The molecule has 6 heteroatoms. The molecule has 2 amide bonds. The first kappa shape index (κ1) is 13.1. The minimum absolute atomic E-state index is 0.0515. The quantitative estimate of drug-likeness (QED) is 0.868. The van der Waals surface area contributed by atoms with Crippen LogP contribution in [-0.4, -0.2) is 45.1 Å². The van der Waals surface area contributed by atoms with Crippen LogP contribution in [0.2, 0.25) is 0 Å². The third-order valence-corrected chi connectivity index (χ3v) is 4.26. The van der Waals surface area contributed by atoms with Crippen LogP contribution in [0.25, 0.3) is 0 Å². The predicted molar refractivity (Wildman–Crippen MR) is 73.1 cm³/mol. The smallest absolute Gasteiger partial charge is 0.257 e. The SMILES string of the molecule is CCn1cc(C(=O)N2CC(=O)N[C@H]3CCCC[C@@H]32)cn1. The molecule has 1 saturated carbocycles. The summed E-state index contributed by atoms with van der Waals surface area (Å²) in [4.78, 5) is 26.2. The lowest BCUT2D eigenvalue weighted by Gasteiger charge is -2.43. The Bertz CT molecular complexity index is 525. The van der Waals surface area contributed by atoms with Crippen molar-refractivity contribution in [3.8, 4) is 0 Å². The molecule has 3 rings (SSSR count). The monoisotopic (exact) mass is 276 g/mol. The van der Waals surface area contributed by atoms with E-state index in [-0.39, 0.29) is 30.4 Å². The van der Waals surface area contributed by atoms with Crippen molar-refractivity contribution in [2.45, 2.75) is 51.2 Å². The van der Waals surface area contributed by atoms with Crippen LogP contribution in [0.1, 0.15) is 43.0 Å². The van der Waals surface area contributed by atoms with E-state index >= 15 is 0 Å². The van der Waals surface area contributed by atoms with E-state index in [0.717, 1.165) is 32.2 Å². The highest BCUT2D eigenvalue weighted by Crippen LogP contribution is 2.26. The van der Waals surface area contributed by atoms with Crippen molar-refractivity contribution >= 4 is 11.8 Å². The summed E-state index contributed by atoms with van der Waals surface area (Å²) in [5.74, 6) is -0.124. The zero-order chi connectivity index (χ0) is 14.1. The van der Waals surface area contributed by atoms with Gasteiger partial charge in [0.25, 0.3) is 5.91 Å². The number of carbonyl (C=O) groups excluding carboxylic acids is 2. The maximum Gasteiger partial charge on any atom is 0.257 e. The second-order valence-electron chi connectivity index (χ2n) is 5.54. The highest BCUT2D eigenvalue weighted by atomic mass is 16.2. The number of rotatable bonds is 2. The number of hydrogen-bond acceptors (Lipinski definition) is 3. The number of piperazine rings is 1. The second-order valence-corrected chi connectivity index (χ2v) is 5.54. The highest BCUT2D eigenvalue weighted by molar-refractivity contribution is 5.97. The average molecular weight is 276 g/mol. The zero-order valence-corrected chi connectivity index (χ0v) is 11.7. The molecule has 0 bridgehead atoms. The number of aryl methyl sites for hydroxylation is 1. The summed E-state index contributed by atoms with van der Waals surface area (Å²) >= 11 is 0. The van der Waals surface area contributed by atoms with Crippen LogP contribution in [0.15, 0.2) is 12.4 Å². The summed E-state index contributed by atoms with van der Waals surface area (Å²) in [6.07, 6.45) is 7.53. The number of nitrogens with one attached hydrogen (secondary N) is 1. The number of amides is 2. The van der Waals surface area contributed by atoms with Crippen molar-refractivity contribution in [1.82, 2.24) is 20.0 Å². The molecule has 1 aromatic rings. The van der Waals surface area contributed by atoms with E-state index in [1.165, 1.54) is 0 Å². The number of hydrogen-bond donors (Lipinski definition) is 1. The Hall–Kier alpha value is -1.85. The molecular weight excluding hydrogens is 256 g/mol. The van der Waals surface area contributed by atoms with E-state index in [1.807, 2.05) is 6.92 Å². The van der Waals surface area contributed by atoms with Crippen LogP contribution in [-0.2, 0) is 11.3 Å². The van der Waals surface area contributed by atoms with E-state index < -0.39 is 0 Å². The van der Waals surface area contributed by atoms with Gasteiger partial charge in [-0.05, 0) is 19.8 Å². The summed E-state index contributed by atoms with van der Waals surface area (Å²) in [7, 11) is 0. The van der Waals surface area contributed by atoms with Gasteiger partial charge in [0, 0.05) is 18.8 Å². The van der Waals surface area contributed by atoms with Gasteiger partial charge < -0.3 is 10.2 Å². The van der Waals surface area contributed by atoms with Crippen LogP contribution in [0, 0.1) is 0 Å². The Balaban J connectivity index is 1.82. The lowest BCUT2D eigenvalue weighted by molar-refractivity contribution is -0.127. The normalized spacial score (nSPS) is 26.1. The lowest BCUT2D eigenvalue weighted by atomic mass is 9.87. The van der Waals surface area contributed by atoms with E-state index in [2.05, 4.69) is 10.4 Å². The second kappa shape index (κ2) is 5.26. The van der Waals surface area contributed by atoms with Crippen molar-refractivity contribution in [2.75, 3.05) is 6.54 Å². The molecule has 2 heterocycles. The van der Waals surface area contributed by atoms with Gasteiger partial charge >= 0.3 is 0 Å². The van der Waals surface area contributed by atoms with Crippen LogP contribution in [0.3, 0.4) is 0 Å². The molecule has 1 aromatic heterocycles. The van der Waals surface area contributed by atoms with Crippen molar-refractivity contribution in [3.63, 3.8) is 0 Å². The first-order valence-electron chi connectivity index (χ1n) is 7.32. The predicted octanol–water partition coefficient (Wildman–Crippen LogP) is 0.786. The average Bonchev–Trinajstić information content (AvgIpc) is 2.94. The summed E-state index contributed by atoms with van der Waals surface area (Å²) in [6, 6.07) is 0.258. The molecule has 6 nitrogen and oxygen atoms in total. The van der Waals surface area contributed by atoms with E-state index in [1.54, 1.807) is 22.0 Å². The van der Waals surface area contributed by atoms with Crippen molar-refractivity contribution in [1.29, 1.82) is 0 Å². The molecule has 20 heavy (non-hydrogen) atoms. The van der Waals surface area contributed by atoms with Crippen LogP contribution in [0.4, 0.5) is 0 Å². The van der Waals surface area contributed by atoms with Gasteiger partial charge in [0.2, 0.25) is 5.91 Å². The first-order chi connectivity index (χ1) is 9.69. The fourth-order valence-corrected chi connectivity index (χ4v) is 3.21. The Kier molecular flexibility index (Phi) is 3.46. The third kappa shape index (κ3) is 2.30. The standard InChI is InChI=1S/C14H20N4O2/c1-2-17-8-10(7-15-17)14(20)18-9-13(19)16-11-5-3-4-6-12(11)18/h7-8,11-12H,2-6,9H2,1H3,(H,16,19)/t11-,12-/m0/s1. The van der Waals surface area contributed by atoms with Gasteiger partial charge in [0.05, 0.1) is 17.8 Å². The fourth-order valence-electron chi connectivity index (χ4n) is 3.21. The number of aromatic nitrogens is 2. The Labute approximate surface area is 118 Å². The number of fused-ring (bicyclic) bond motifs is 1. The molecule has 1 saturated heterocycles. The summed E-state index contributed by atoms with van der Waals surface area (Å²) in [6.45, 7) is 2.88. The minimum atomic E-state index is -0.0727. The zero-order valence-electron chi connectivity index (χ0n) is 11.7. The first-order valence-corrected chi connectivity index (χ1v) is 7.32. The fraction of sp³-hybridized carbons (Fsp3) is 0.643. The molecule has 1 N–H and O–H groups in total. The molecule has 0 radical (unpaired) electrons. The Morgan fingerprint density at radius 2 is 2.25 bits per heavy atom. The van der Waals surface area contributed by atoms with Crippen LogP contribution >= 0.6 is 0 Å². The van der Waals surface area contributed by atoms with Crippen LogP contribution < -0.4 is 5.32 Å². The molecule has 108 valence electrons. The molecule has 1 aliphatic heterocycles. The lowest BCUT2D eigenvalue weighted by Crippen LogP contribution is -2.62. The molecule has 1 aliphatic carbocycles. The molecule has 2 fully saturated rings. The van der Waals surface area contributed by atoms with E-state index in [9.17, 15) is 9.59 Å². The maximum absolute atomic E-state index is 12.6. The third-order valence-electron chi connectivity index (χ3n) is 4.26. The summed E-state index contributed by atoms with van der Waals surface area (Å²) in [5.41, 5.74) is 0.575.